The van der Waals surface area contributed by atoms with E-state index in [1.54, 1.807) is 18.1 Å². The van der Waals surface area contributed by atoms with Crippen LogP contribution in [0.2, 0.25) is 0 Å². The molecule has 0 radical (unpaired) electrons. The number of methoxy groups -OCH3 is 1. The number of rotatable bonds is 9. The topological polar surface area (TPSA) is 90.9 Å². The van der Waals surface area contributed by atoms with Gasteiger partial charge in [-0.2, -0.15) is 10.2 Å². The molecule has 2 fully saturated rings. The predicted octanol–water partition coefficient (Wildman–Crippen LogP) is 2.96. The van der Waals surface area contributed by atoms with Gasteiger partial charge in [0.05, 0.1) is 23.6 Å². The van der Waals surface area contributed by atoms with Crippen LogP contribution in [-0.4, -0.2) is 89.8 Å². The molecule has 1 aliphatic heterocycles. The number of ether oxygens (including phenoxy) is 1. The van der Waals surface area contributed by atoms with Gasteiger partial charge >= 0.3 is 6.03 Å². The lowest BCUT2D eigenvalue weighted by molar-refractivity contribution is -0.116. The summed E-state index contributed by atoms with van der Waals surface area (Å²) >= 11 is 0. The maximum atomic E-state index is 13.5. The highest BCUT2D eigenvalue weighted by Gasteiger charge is 2.54. The Bertz CT molecular complexity index is 993. The molecule has 1 spiro atoms. The van der Waals surface area contributed by atoms with Gasteiger partial charge in [0, 0.05) is 32.3 Å². The van der Waals surface area contributed by atoms with Crippen molar-refractivity contribution in [3.63, 3.8) is 0 Å². The van der Waals surface area contributed by atoms with Gasteiger partial charge in [0.2, 0.25) is 5.91 Å². The van der Waals surface area contributed by atoms with Crippen LogP contribution in [-0.2, 0) is 15.1 Å². The average Bonchev–Trinajstić information content (AvgIpc) is 3.11. The highest BCUT2D eigenvalue weighted by atomic mass is 16.5. The molecule has 1 aromatic carbocycles. The van der Waals surface area contributed by atoms with E-state index in [2.05, 4.69) is 64.8 Å². The van der Waals surface area contributed by atoms with E-state index in [4.69, 9.17) is 4.74 Å². The fourth-order valence-electron chi connectivity index (χ4n) is 5.74. The number of urea groups is 1. The Labute approximate surface area is 207 Å². The number of nitrogens with one attached hydrogen (secondary N) is 1. The molecule has 0 atom stereocenters. The maximum absolute atomic E-state index is 13.5. The molecule has 2 heterocycles. The molecule has 1 aliphatic carbocycles. The molecule has 4 rings (SSSR count). The van der Waals surface area contributed by atoms with Crippen LogP contribution in [0.25, 0.3) is 0 Å². The van der Waals surface area contributed by atoms with Crippen LogP contribution in [0.4, 0.5) is 10.5 Å². The quantitative estimate of drug-likeness (QED) is 0.555. The third-order valence-electron chi connectivity index (χ3n) is 7.67. The van der Waals surface area contributed by atoms with Crippen molar-refractivity contribution in [3.05, 3.63) is 54.4 Å². The van der Waals surface area contributed by atoms with Crippen molar-refractivity contribution in [1.29, 1.82) is 0 Å². The van der Waals surface area contributed by atoms with Crippen molar-refractivity contribution in [2.45, 2.75) is 43.2 Å². The zero-order valence-corrected chi connectivity index (χ0v) is 20.9. The summed E-state index contributed by atoms with van der Waals surface area (Å²) in [5.74, 6) is -0.233. The van der Waals surface area contributed by atoms with Gasteiger partial charge in [0.15, 0.2) is 0 Å². The minimum Gasteiger partial charge on any atom is -0.385 e. The van der Waals surface area contributed by atoms with E-state index in [9.17, 15) is 9.59 Å². The van der Waals surface area contributed by atoms with E-state index in [-0.39, 0.29) is 29.6 Å². The first-order chi connectivity index (χ1) is 16.9. The number of carbonyl (C=O) groups is 2. The zero-order chi connectivity index (χ0) is 24.9. The Kier molecular flexibility index (Phi) is 7.66. The molecule has 2 aromatic rings. The van der Waals surface area contributed by atoms with E-state index in [1.807, 2.05) is 4.90 Å². The van der Waals surface area contributed by atoms with Gasteiger partial charge < -0.3 is 19.9 Å². The summed E-state index contributed by atoms with van der Waals surface area (Å²) in [5, 5.41) is 10.3. The lowest BCUT2D eigenvalue weighted by Gasteiger charge is -2.51. The van der Waals surface area contributed by atoms with E-state index in [1.165, 1.54) is 18.0 Å². The van der Waals surface area contributed by atoms with Crippen molar-refractivity contribution in [3.8, 4) is 0 Å². The van der Waals surface area contributed by atoms with E-state index in [0.717, 1.165) is 32.1 Å². The molecule has 188 valence electrons. The summed E-state index contributed by atoms with van der Waals surface area (Å²) in [4.78, 5) is 32.3. The molecule has 2 aliphatic rings. The number of hydrogen-bond acceptors (Lipinski definition) is 6. The maximum Gasteiger partial charge on any atom is 0.321 e. The largest absolute Gasteiger partial charge is 0.385 e. The van der Waals surface area contributed by atoms with Crippen LogP contribution in [0, 0.1) is 0 Å². The number of nitrogens with zero attached hydrogens (tertiary/aromatic N) is 5. The van der Waals surface area contributed by atoms with Gasteiger partial charge in [-0.05, 0) is 57.8 Å². The Morgan fingerprint density at radius 1 is 1.11 bits per heavy atom. The standard InChI is InChI=1S/C26H36N6O3/c1-30(2)26(21-8-5-4-6-9-21)13-11-25(12-14-26)20-31(24(34)32(25)16-7-17-35-3)19-23(33)29-22-10-15-27-28-18-22/h4-6,8-10,15,18H,7,11-14,16-17,19-20H2,1-3H3,(H,27,29,33)/t25-,26+. The van der Waals surface area contributed by atoms with Gasteiger partial charge in [-0.25, -0.2) is 4.79 Å². The number of benzene rings is 1. The van der Waals surface area contributed by atoms with Crippen LogP contribution in [0.5, 0.6) is 0 Å². The third-order valence-corrected chi connectivity index (χ3v) is 7.67. The van der Waals surface area contributed by atoms with Crippen LogP contribution >= 0.6 is 0 Å². The number of amides is 3. The van der Waals surface area contributed by atoms with E-state index < -0.39 is 0 Å². The molecule has 1 aromatic heterocycles. The van der Waals surface area contributed by atoms with Crippen molar-refractivity contribution >= 4 is 17.6 Å². The molecule has 1 saturated heterocycles. The van der Waals surface area contributed by atoms with Crippen LogP contribution in [0.3, 0.4) is 0 Å². The molecular formula is C26H36N6O3. The number of hydrogen-bond donors (Lipinski definition) is 1. The van der Waals surface area contributed by atoms with Crippen LogP contribution < -0.4 is 5.32 Å². The highest BCUT2D eigenvalue weighted by Crippen LogP contribution is 2.48. The molecule has 0 unspecified atom stereocenters. The fourth-order valence-corrected chi connectivity index (χ4v) is 5.74. The van der Waals surface area contributed by atoms with Gasteiger partial charge in [-0.1, -0.05) is 30.3 Å². The molecule has 1 saturated carbocycles. The summed E-state index contributed by atoms with van der Waals surface area (Å²) in [6.45, 7) is 1.79. The van der Waals surface area contributed by atoms with Gasteiger partial charge in [-0.3, -0.25) is 9.69 Å². The van der Waals surface area contributed by atoms with Crippen molar-refractivity contribution in [2.75, 3.05) is 52.8 Å². The van der Waals surface area contributed by atoms with Gasteiger partial charge in [0.1, 0.15) is 6.54 Å². The van der Waals surface area contributed by atoms with Crippen molar-refractivity contribution in [2.24, 2.45) is 0 Å². The summed E-state index contributed by atoms with van der Waals surface area (Å²) in [6.07, 6.45) is 7.44. The van der Waals surface area contributed by atoms with Gasteiger partial charge in [0.25, 0.3) is 0 Å². The summed E-state index contributed by atoms with van der Waals surface area (Å²) in [6, 6.07) is 12.3. The van der Waals surface area contributed by atoms with Gasteiger partial charge in [-0.15, -0.1) is 0 Å². The summed E-state index contributed by atoms with van der Waals surface area (Å²) < 4.78 is 5.26. The molecule has 9 nitrogen and oxygen atoms in total. The van der Waals surface area contributed by atoms with Crippen LogP contribution in [0.1, 0.15) is 37.7 Å². The normalized spacial score (nSPS) is 24.4. The number of aromatic nitrogens is 2. The second-order valence-corrected chi connectivity index (χ2v) is 9.83. The molecule has 1 N–H and O–H groups in total. The lowest BCUT2D eigenvalue weighted by atomic mass is 9.68. The number of carbonyl (C=O) groups excluding carboxylic acids is 2. The van der Waals surface area contributed by atoms with Crippen molar-refractivity contribution in [1.82, 2.24) is 24.9 Å². The Hall–Kier alpha value is -3.04. The lowest BCUT2D eigenvalue weighted by Crippen LogP contribution is -2.55. The summed E-state index contributed by atoms with van der Waals surface area (Å²) in [5.41, 5.74) is 1.54. The smallest absolute Gasteiger partial charge is 0.321 e. The Morgan fingerprint density at radius 2 is 1.86 bits per heavy atom. The number of anilines is 1. The predicted molar refractivity (Wildman–Crippen MR) is 134 cm³/mol. The first-order valence-electron chi connectivity index (χ1n) is 12.3. The minimum absolute atomic E-state index is 0.0151. The van der Waals surface area contributed by atoms with E-state index >= 15 is 0 Å². The molecule has 35 heavy (non-hydrogen) atoms. The molecule has 3 amide bonds. The molecule has 9 heteroatoms. The highest BCUT2D eigenvalue weighted by molar-refractivity contribution is 5.94. The minimum atomic E-state index is -0.280. The first-order valence-corrected chi connectivity index (χ1v) is 12.3. The SMILES string of the molecule is COCCCN1C(=O)N(CC(=O)Nc2ccnnc2)C[C@]12CC[C@](c1ccccc1)(N(C)C)CC2. The monoisotopic (exact) mass is 480 g/mol. The van der Waals surface area contributed by atoms with Crippen LogP contribution in [0.15, 0.2) is 48.8 Å². The molecule has 0 bridgehead atoms. The second kappa shape index (κ2) is 10.7. The third kappa shape index (κ3) is 5.16. The second-order valence-electron chi connectivity index (χ2n) is 9.83. The average molecular weight is 481 g/mol. The Balaban J connectivity index is 1.52. The molecular weight excluding hydrogens is 444 g/mol. The Morgan fingerprint density at radius 3 is 2.49 bits per heavy atom. The van der Waals surface area contributed by atoms with E-state index in [0.29, 0.717) is 25.4 Å². The summed E-state index contributed by atoms with van der Waals surface area (Å²) in [7, 11) is 5.97. The fraction of sp³-hybridized carbons (Fsp3) is 0.538. The first kappa shape index (κ1) is 25.1. The van der Waals surface area contributed by atoms with Crippen molar-refractivity contribution < 1.29 is 14.3 Å². The zero-order valence-electron chi connectivity index (χ0n) is 20.9.